The number of ether oxygens (including phenoxy) is 1. The van der Waals surface area contributed by atoms with Crippen LogP contribution in [0.4, 0.5) is 0 Å². The van der Waals surface area contributed by atoms with Crippen molar-refractivity contribution in [2.75, 3.05) is 0 Å². The summed E-state index contributed by atoms with van der Waals surface area (Å²) in [5, 5.41) is -0.482. The van der Waals surface area contributed by atoms with E-state index in [1.54, 1.807) is 6.07 Å². The Morgan fingerprint density at radius 3 is 1.96 bits per heavy atom. The number of halogens is 1. The largest absolute Gasteiger partial charge is 0.457 e. The van der Waals surface area contributed by atoms with E-state index in [4.69, 9.17) is 16.3 Å². The smallest absolute Gasteiger partial charge is 0.253 e. The van der Waals surface area contributed by atoms with Gasteiger partial charge in [0.05, 0.1) is 0 Å². The number of benzene rings is 4. The molecule has 0 N–H and O–H groups in total. The first-order valence-electron chi connectivity index (χ1n) is 8.94. The van der Waals surface area contributed by atoms with E-state index in [0.29, 0.717) is 11.3 Å². The zero-order valence-electron chi connectivity index (χ0n) is 15.0. The summed E-state index contributed by atoms with van der Waals surface area (Å²) in [6.07, 6.45) is 0. The predicted molar refractivity (Wildman–Crippen MR) is 114 cm³/mol. The number of hydrogen-bond acceptors (Lipinski definition) is 2. The second-order valence-electron chi connectivity index (χ2n) is 6.31. The predicted octanol–water partition coefficient (Wildman–Crippen LogP) is 7.19. The fourth-order valence-corrected chi connectivity index (χ4v) is 3.36. The molecule has 0 aliphatic carbocycles. The van der Waals surface area contributed by atoms with Gasteiger partial charge in [-0.1, -0.05) is 72.8 Å². The van der Waals surface area contributed by atoms with E-state index in [1.807, 2.05) is 97.1 Å². The minimum atomic E-state index is -0.482. The van der Waals surface area contributed by atoms with E-state index in [-0.39, 0.29) is 0 Å². The first-order chi connectivity index (χ1) is 13.7. The lowest BCUT2D eigenvalue weighted by atomic mass is 9.92. The molecule has 0 aliphatic heterocycles. The summed E-state index contributed by atoms with van der Waals surface area (Å²) in [4.78, 5) is 12.0. The van der Waals surface area contributed by atoms with Gasteiger partial charge in [-0.3, -0.25) is 4.79 Å². The Kier molecular flexibility index (Phi) is 5.22. The Labute approximate surface area is 169 Å². The maximum atomic E-state index is 12.0. The Bertz CT molecular complexity index is 1110. The van der Waals surface area contributed by atoms with E-state index in [1.165, 1.54) is 0 Å². The molecular weight excluding hydrogens is 368 g/mol. The number of carbonyl (C=O) groups excluding carboxylic acids is 1. The minimum absolute atomic E-state index is 0.471. The quantitative estimate of drug-likeness (QED) is 0.340. The summed E-state index contributed by atoms with van der Waals surface area (Å²) in [6.45, 7) is 0. The van der Waals surface area contributed by atoms with Crippen LogP contribution in [0.15, 0.2) is 103 Å². The fraction of sp³-hybridized carbons (Fsp3) is 0. The summed E-state index contributed by atoms with van der Waals surface area (Å²) in [5.41, 5.74) is 4.20. The van der Waals surface area contributed by atoms with Crippen molar-refractivity contribution in [2.24, 2.45) is 0 Å². The van der Waals surface area contributed by atoms with Crippen molar-refractivity contribution in [3.05, 3.63) is 109 Å². The van der Waals surface area contributed by atoms with Crippen LogP contribution in [0, 0.1) is 0 Å². The van der Waals surface area contributed by atoms with Gasteiger partial charge >= 0.3 is 0 Å². The van der Waals surface area contributed by atoms with Crippen molar-refractivity contribution in [3.63, 3.8) is 0 Å². The Hall–Kier alpha value is -3.36. The van der Waals surface area contributed by atoms with Crippen LogP contribution in [0.25, 0.3) is 22.3 Å². The Morgan fingerprint density at radius 1 is 0.607 bits per heavy atom. The van der Waals surface area contributed by atoms with Crippen molar-refractivity contribution in [3.8, 4) is 33.8 Å². The highest BCUT2D eigenvalue weighted by Gasteiger charge is 2.15. The first kappa shape index (κ1) is 18.0. The summed E-state index contributed by atoms with van der Waals surface area (Å²) < 4.78 is 6.01. The second kappa shape index (κ2) is 8.12. The first-order valence-corrected chi connectivity index (χ1v) is 9.32. The van der Waals surface area contributed by atoms with E-state index >= 15 is 0 Å². The maximum absolute atomic E-state index is 12.0. The van der Waals surface area contributed by atoms with Gasteiger partial charge in [-0.15, -0.1) is 0 Å². The molecule has 28 heavy (non-hydrogen) atoms. The van der Waals surface area contributed by atoms with Crippen LogP contribution in [0.2, 0.25) is 0 Å². The molecule has 0 aromatic heterocycles. The van der Waals surface area contributed by atoms with Crippen molar-refractivity contribution in [1.29, 1.82) is 0 Å². The molecule has 0 aliphatic rings. The van der Waals surface area contributed by atoms with Crippen molar-refractivity contribution < 1.29 is 9.53 Å². The van der Waals surface area contributed by atoms with Crippen LogP contribution < -0.4 is 4.74 Å². The molecule has 136 valence electrons. The van der Waals surface area contributed by atoms with Gasteiger partial charge in [-0.05, 0) is 64.2 Å². The lowest BCUT2D eigenvalue weighted by Crippen LogP contribution is -1.96. The molecule has 0 fully saturated rings. The maximum Gasteiger partial charge on any atom is 0.253 e. The number of para-hydroxylation sites is 1. The second-order valence-corrected chi connectivity index (χ2v) is 6.65. The third kappa shape index (κ3) is 3.83. The summed E-state index contributed by atoms with van der Waals surface area (Å²) in [5.74, 6) is 1.44. The molecule has 0 spiro atoms. The molecule has 0 radical (unpaired) electrons. The minimum Gasteiger partial charge on any atom is -0.457 e. The van der Waals surface area contributed by atoms with Gasteiger partial charge in [0.25, 0.3) is 5.24 Å². The van der Waals surface area contributed by atoms with E-state index < -0.39 is 5.24 Å². The third-order valence-corrected chi connectivity index (χ3v) is 4.69. The van der Waals surface area contributed by atoms with Crippen LogP contribution >= 0.6 is 11.6 Å². The molecule has 0 atom stereocenters. The fourth-order valence-electron chi connectivity index (χ4n) is 3.19. The average molecular weight is 385 g/mol. The third-order valence-electron chi connectivity index (χ3n) is 4.48. The van der Waals surface area contributed by atoms with Gasteiger partial charge in [0.15, 0.2) is 0 Å². The molecule has 0 heterocycles. The summed E-state index contributed by atoms with van der Waals surface area (Å²) >= 11 is 5.86. The summed E-state index contributed by atoms with van der Waals surface area (Å²) in [7, 11) is 0. The van der Waals surface area contributed by atoms with Crippen LogP contribution in [-0.2, 0) is 0 Å². The number of hydrogen-bond donors (Lipinski definition) is 0. The standard InChI is InChI=1S/C25H17ClO2/c26-25(27)23-14-8-7-13-22(23)24-17-20(28-19-11-5-2-6-12-19)15-16-21(24)18-9-3-1-4-10-18/h1-17H. The van der Waals surface area contributed by atoms with Crippen LogP contribution in [0.3, 0.4) is 0 Å². The van der Waals surface area contributed by atoms with Crippen LogP contribution in [0.5, 0.6) is 11.5 Å². The molecule has 0 amide bonds. The zero-order valence-corrected chi connectivity index (χ0v) is 15.8. The molecule has 4 aromatic rings. The monoisotopic (exact) mass is 384 g/mol. The van der Waals surface area contributed by atoms with Crippen LogP contribution in [0.1, 0.15) is 10.4 Å². The normalized spacial score (nSPS) is 10.5. The van der Waals surface area contributed by atoms with Gasteiger partial charge in [-0.25, -0.2) is 0 Å². The molecule has 2 nitrogen and oxygen atoms in total. The highest BCUT2D eigenvalue weighted by molar-refractivity contribution is 6.68. The van der Waals surface area contributed by atoms with Gasteiger partial charge in [-0.2, -0.15) is 0 Å². The molecule has 4 rings (SSSR count). The van der Waals surface area contributed by atoms with E-state index in [0.717, 1.165) is 28.0 Å². The molecule has 4 aromatic carbocycles. The van der Waals surface area contributed by atoms with Gasteiger partial charge < -0.3 is 4.74 Å². The zero-order chi connectivity index (χ0) is 19.3. The number of rotatable bonds is 5. The lowest BCUT2D eigenvalue weighted by molar-refractivity contribution is 0.108. The average Bonchev–Trinajstić information content (AvgIpc) is 2.75. The van der Waals surface area contributed by atoms with Crippen molar-refractivity contribution in [1.82, 2.24) is 0 Å². The Balaban J connectivity index is 1.88. The van der Waals surface area contributed by atoms with Gasteiger partial charge in [0.2, 0.25) is 0 Å². The lowest BCUT2D eigenvalue weighted by Gasteiger charge is -2.15. The number of carbonyl (C=O) groups is 1. The van der Waals surface area contributed by atoms with Gasteiger partial charge in [0, 0.05) is 5.56 Å². The van der Waals surface area contributed by atoms with E-state index in [9.17, 15) is 4.79 Å². The molecule has 0 bridgehead atoms. The van der Waals surface area contributed by atoms with Crippen LogP contribution in [-0.4, -0.2) is 5.24 Å². The molecule has 3 heteroatoms. The summed E-state index contributed by atoms with van der Waals surface area (Å²) in [6, 6.07) is 32.9. The molecule has 0 saturated heterocycles. The Morgan fingerprint density at radius 2 is 1.25 bits per heavy atom. The molecule has 0 saturated carbocycles. The topological polar surface area (TPSA) is 26.3 Å². The van der Waals surface area contributed by atoms with E-state index in [2.05, 4.69) is 0 Å². The molecule has 0 unspecified atom stereocenters. The SMILES string of the molecule is O=C(Cl)c1ccccc1-c1cc(Oc2ccccc2)ccc1-c1ccccc1. The highest BCUT2D eigenvalue weighted by atomic mass is 35.5. The van der Waals surface area contributed by atoms with Crippen molar-refractivity contribution in [2.45, 2.75) is 0 Å². The highest BCUT2D eigenvalue weighted by Crippen LogP contribution is 2.38. The van der Waals surface area contributed by atoms with Crippen molar-refractivity contribution >= 4 is 16.8 Å². The molecular formula is C25H17ClO2. The van der Waals surface area contributed by atoms with Gasteiger partial charge in [0.1, 0.15) is 11.5 Å².